The van der Waals surface area contributed by atoms with Crippen LogP contribution in [0.3, 0.4) is 0 Å². The molecule has 1 fully saturated rings. The van der Waals surface area contributed by atoms with E-state index in [1.807, 2.05) is 25.1 Å². The predicted molar refractivity (Wildman–Crippen MR) is 131 cm³/mol. The van der Waals surface area contributed by atoms with E-state index in [2.05, 4.69) is 65.4 Å². The number of hydrogen-bond acceptors (Lipinski definition) is 3. The molecule has 1 N–H and O–H groups in total. The Balaban J connectivity index is 1.47. The van der Waals surface area contributed by atoms with Crippen LogP contribution >= 0.6 is 0 Å². The molecular formula is C30H31NO2. The van der Waals surface area contributed by atoms with Gasteiger partial charge in [0.15, 0.2) is 0 Å². The molecular weight excluding hydrogens is 406 g/mol. The van der Waals surface area contributed by atoms with Gasteiger partial charge in [-0.25, -0.2) is 0 Å². The molecule has 1 saturated carbocycles. The molecule has 3 aromatic rings. The van der Waals surface area contributed by atoms with Gasteiger partial charge in [0.25, 0.3) is 0 Å². The molecule has 2 aromatic carbocycles. The molecule has 0 spiro atoms. The summed E-state index contributed by atoms with van der Waals surface area (Å²) in [7, 11) is 0. The van der Waals surface area contributed by atoms with Crippen LogP contribution in [0.25, 0.3) is 0 Å². The van der Waals surface area contributed by atoms with Crippen LogP contribution in [0.2, 0.25) is 0 Å². The van der Waals surface area contributed by atoms with E-state index in [1.165, 1.54) is 16.7 Å². The van der Waals surface area contributed by atoms with Crippen LogP contribution in [0.4, 0.5) is 0 Å². The second-order valence-corrected chi connectivity index (χ2v) is 9.59. The summed E-state index contributed by atoms with van der Waals surface area (Å²) in [6.07, 6.45) is 7.27. The number of ether oxygens (including phenoxy) is 1. The molecule has 3 unspecified atom stereocenters. The number of pyridine rings is 1. The Bertz CT molecular complexity index is 1160. The highest BCUT2D eigenvalue weighted by atomic mass is 16.5. The molecule has 1 heterocycles. The van der Waals surface area contributed by atoms with Crippen molar-refractivity contribution in [3.05, 3.63) is 95.3 Å². The topological polar surface area (TPSA) is 42.4 Å². The maximum Gasteiger partial charge on any atom is 0.130 e. The van der Waals surface area contributed by atoms with Crippen molar-refractivity contribution >= 4 is 0 Å². The summed E-state index contributed by atoms with van der Waals surface area (Å²) in [5, 5.41) is 11.2. The second kappa shape index (κ2) is 9.04. The maximum absolute atomic E-state index is 11.2. The number of nitrogens with zero attached hydrogens (tertiary/aromatic N) is 1. The van der Waals surface area contributed by atoms with E-state index >= 15 is 0 Å². The molecule has 168 valence electrons. The Morgan fingerprint density at radius 3 is 2.70 bits per heavy atom. The highest BCUT2D eigenvalue weighted by Gasteiger charge is 2.51. The minimum atomic E-state index is -0.858. The first-order valence-electron chi connectivity index (χ1n) is 12.0. The molecule has 33 heavy (non-hydrogen) atoms. The number of aromatic nitrogens is 1. The molecule has 5 rings (SSSR count). The van der Waals surface area contributed by atoms with Crippen LogP contribution in [0.5, 0.6) is 5.75 Å². The van der Waals surface area contributed by atoms with Gasteiger partial charge < -0.3 is 9.84 Å². The van der Waals surface area contributed by atoms with Gasteiger partial charge in [-0.05, 0) is 92.3 Å². The summed E-state index contributed by atoms with van der Waals surface area (Å²) in [4.78, 5) is 4.36. The normalized spacial score (nSPS) is 25.8. The molecule has 1 aromatic heterocycles. The zero-order chi connectivity index (χ0) is 22.7. The summed E-state index contributed by atoms with van der Waals surface area (Å²) in [5.74, 6) is 7.40. The van der Waals surface area contributed by atoms with Crippen LogP contribution in [0, 0.1) is 17.8 Å². The lowest BCUT2D eigenvalue weighted by atomic mass is 9.52. The Kier molecular flexibility index (Phi) is 5.96. The first kappa shape index (κ1) is 21.7. The summed E-state index contributed by atoms with van der Waals surface area (Å²) in [6.45, 7) is 2.30. The van der Waals surface area contributed by atoms with E-state index in [4.69, 9.17) is 4.74 Å². The second-order valence-electron chi connectivity index (χ2n) is 9.59. The van der Waals surface area contributed by atoms with Crippen molar-refractivity contribution in [3.63, 3.8) is 0 Å². The fourth-order valence-corrected chi connectivity index (χ4v) is 6.03. The van der Waals surface area contributed by atoms with Gasteiger partial charge in [0.05, 0.1) is 5.69 Å². The van der Waals surface area contributed by atoms with Gasteiger partial charge >= 0.3 is 0 Å². The molecule has 2 aliphatic carbocycles. The Morgan fingerprint density at radius 2 is 1.91 bits per heavy atom. The van der Waals surface area contributed by atoms with E-state index < -0.39 is 5.60 Å². The fourth-order valence-electron chi connectivity index (χ4n) is 6.03. The number of benzene rings is 2. The molecule has 2 aliphatic rings. The summed E-state index contributed by atoms with van der Waals surface area (Å²) in [6, 6.07) is 23.3. The predicted octanol–water partition coefficient (Wildman–Crippen LogP) is 5.64. The molecule has 0 amide bonds. The zero-order valence-electron chi connectivity index (χ0n) is 19.3. The van der Waals surface area contributed by atoms with Gasteiger partial charge in [-0.2, -0.15) is 0 Å². The van der Waals surface area contributed by atoms with Crippen molar-refractivity contribution < 1.29 is 9.84 Å². The largest absolute Gasteiger partial charge is 0.487 e. The molecule has 0 aliphatic heterocycles. The zero-order valence-corrected chi connectivity index (χ0v) is 19.3. The van der Waals surface area contributed by atoms with Gasteiger partial charge in [-0.1, -0.05) is 48.4 Å². The molecule has 3 atom stereocenters. The van der Waals surface area contributed by atoms with Crippen molar-refractivity contribution in [2.45, 2.75) is 63.1 Å². The van der Waals surface area contributed by atoms with Crippen molar-refractivity contribution in [3.8, 4) is 17.6 Å². The third-order valence-corrected chi connectivity index (χ3v) is 7.56. The maximum atomic E-state index is 11.2. The van der Waals surface area contributed by atoms with E-state index in [1.54, 1.807) is 6.20 Å². The third kappa shape index (κ3) is 4.41. The van der Waals surface area contributed by atoms with E-state index in [-0.39, 0.29) is 5.41 Å². The monoisotopic (exact) mass is 437 g/mol. The first-order chi connectivity index (χ1) is 16.1. The standard InChI is InChI=1S/C30H31NO2/c1-2-15-29(32)16-17-30(20-23-8-4-3-5-9-23)25(21-29)12-11-24-19-27(13-14-28(24)30)33-22-26-10-6-7-18-31-26/h3-10,13-14,18-19,25,32H,11-12,16-17,20-22H2,1H3. The van der Waals surface area contributed by atoms with Crippen molar-refractivity contribution in [1.82, 2.24) is 4.98 Å². The van der Waals surface area contributed by atoms with Crippen LogP contribution < -0.4 is 4.74 Å². The third-order valence-electron chi connectivity index (χ3n) is 7.56. The van der Waals surface area contributed by atoms with Gasteiger partial charge in [-0.15, -0.1) is 5.92 Å². The van der Waals surface area contributed by atoms with E-state index in [0.29, 0.717) is 18.9 Å². The van der Waals surface area contributed by atoms with Gasteiger partial charge in [-0.3, -0.25) is 4.98 Å². The Hall–Kier alpha value is -3.09. The Morgan fingerprint density at radius 1 is 1.06 bits per heavy atom. The van der Waals surface area contributed by atoms with Crippen LogP contribution in [-0.2, 0) is 24.9 Å². The van der Waals surface area contributed by atoms with Crippen molar-refractivity contribution in [2.24, 2.45) is 5.92 Å². The number of aryl methyl sites for hydroxylation is 1. The highest BCUT2D eigenvalue weighted by molar-refractivity contribution is 5.45. The van der Waals surface area contributed by atoms with Gasteiger partial charge in [0, 0.05) is 11.6 Å². The average molecular weight is 438 g/mol. The summed E-state index contributed by atoms with van der Waals surface area (Å²) in [5.41, 5.74) is 4.27. The lowest BCUT2D eigenvalue weighted by Crippen LogP contribution is -2.50. The quantitative estimate of drug-likeness (QED) is 0.525. The number of rotatable bonds is 5. The Labute approximate surface area is 196 Å². The average Bonchev–Trinajstić information content (AvgIpc) is 2.84. The number of hydrogen-bond donors (Lipinski definition) is 1. The lowest BCUT2D eigenvalue weighted by molar-refractivity contribution is -0.00805. The lowest BCUT2D eigenvalue weighted by Gasteiger charge is -2.52. The van der Waals surface area contributed by atoms with Crippen molar-refractivity contribution in [2.75, 3.05) is 0 Å². The molecule has 3 heteroatoms. The summed E-state index contributed by atoms with van der Waals surface area (Å²) >= 11 is 0. The highest BCUT2D eigenvalue weighted by Crippen LogP contribution is 2.54. The van der Waals surface area contributed by atoms with Crippen LogP contribution in [0.15, 0.2) is 72.9 Å². The van der Waals surface area contributed by atoms with Crippen LogP contribution in [0.1, 0.15) is 55.0 Å². The van der Waals surface area contributed by atoms with E-state index in [9.17, 15) is 5.11 Å². The van der Waals surface area contributed by atoms with Crippen molar-refractivity contribution in [1.29, 1.82) is 0 Å². The fraction of sp³-hybridized carbons (Fsp3) is 0.367. The SMILES string of the molecule is CC#CC1(O)CCC2(Cc3ccccc3)c3ccc(OCc4ccccn4)cc3CCC2C1. The molecule has 0 saturated heterocycles. The number of fused-ring (bicyclic) bond motifs is 3. The minimum absolute atomic E-state index is 0.0239. The van der Waals surface area contributed by atoms with Crippen LogP contribution in [-0.4, -0.2) is 15.7 Å². The van der Waals surface area contributed by atoms with Gasteiger partial charge in [0.1, 0.15) is 18.0 Å². The van der Waals surface area contributed by atoms with E-state index in [0.717, 1.165) is 43.5 Å². The minimum Gasteiger partial charge on any atom is -0.487 e. The molecule has 0 bridgehead atoms. The number of aliphatic hydroxyl groups is 1. The molecule has 3 nitrogen and oxygen atoms in total. The van der Waals surface area contributed by atoms with Gasteiger partial charge in [0.2, 0.25) is 0 Å². The smallest absolute Gasteiger partial charge is 0.130 e. The molecule has 0 radical (unpaired) electrons. The first-order valence-corrected chi connectivity index (χ1v) is 12.0. The summed E-state index contributed by atoms with van der Waals surface area (Å²) < 4.78 is 6.09.